The fraction of sp³-hybridized carbons (Fsp3) is 0.250. The molecular weight excluding hydrogens is 353 g/mol. The predicted molar refractivity (Wildman–Crippen MR) is 46.0 cm³/mol. The first-order valence-corrected chi connectivity index (χ1v) is 4.95. The Labute approximate surface area is 86.1 Å². The molecule has 0 aliphatic rings. The molecule has 0 aliphatic carbocycles. The minimum absolute atomic E-state index is 0.0324. The normalized spacial score (nSPS) is 9.83. The second kappa shape index (κ2) is 4.07. The predicted octanol–water partition coefficient (Wildman–Crippen LogP) is -0.313. The zero-order valence-corrected chi connectivity index (χ0v) is 9.75. The van der Waals surface area contributed by atoms with E-state index in [9.17, 15) is 5.11 Å². The van der Waals surface area contributed by atoms with Gasteiger partial charge in [-0.25, -0.2) is 0 Å². The molecule has 0 unspecified atom stereocenters. The Morgan fingerprint density at radius 3 is 2.67 bits per heavy atom. The van der Waals surface area contributed by atoms with Gasteiger partial charge in [0.25, 0.3) is 0 Å². The first-order chi connectivity index (χ1) is 5.69. The third-order valence-corrected chi connectivity index (χ3v) is 2.43. The van der Waals surface area contributed by atoms with E-state index in [2.05, 4.69) is 0 Å². The molecule has 0 fully saturated rings. The summed E-state index contributed by atoms with van der Waals surface area (Å²) in [7, 11) is 1.49. The number of ether oxygens (including phenoxy) is 1. The minimum atomic E-state index is -0.163. The van der Waals surface area contributed by atoms with E-state index in [1.807, 2.05) is 0 Å². The molecule has 1 rings (SSSR count). The van der Waals surface area contributed by atoms with Gasteiger partial charge in [-0.05, 0) is 0 Å². The van der Waals surface area contributed by atoms with E-state index in [0.29, 0.717) is 11.3 Å². The summed E-state index contributed by atoms with van der Waals surface area (Å²) in [6, 6.07) is 3.51. The van der Waals surface area contributed by atoms with Crippen molar-refractivity contribution in [2.75, 3.05) is 7.11 Å². The van der Waals surface area contributed by atoms with E-state index < -0.39 is 0 Å². The summed E-state index contributed by atoms with van der Waals surface area (Å²) in [5, 5.41) is 18.3. The Hall–Kier alpha value is -0.324. The third kappa shape index (κ3) is 1.88. The van der Waals surface area contributed by atoms with Crippen molar-refractivity contribution < 1.29 is 14.9 Å². The van der Waals surface area contributed by atoms with Crippen LogP contribution in [0.4, 0.5) is 0 Å². The Morgan fingerprint density at radius 1 is 1.50 bits per heavy atom. The summed E-state index contributed by atoms with van der Waals surface area (Å²) >= 11 is 1.28. The van der Waals surface area contributed by atoms with Gasteiger partial charge in [-0.3, -0.25) is 0 Å². The maximum absolute atomic E-state index is 9.44. The van der Waals surface area contributed by atoms with Crippen molar-refractivity contribution in [3.8, 4) is 11.5 Å². The van der Waals surface area contributed by atoms with E-state index >= 15 is 0 Å². The number of hydrogen-bond acceptors (Lipinski definition) is 3. The van der Waals surface area contributed by atoms with E-state index in [4.69, 9.17) is 9.84 Å². The maximum atomic E-state index is 9.44. The zero-order chi connectivity index (χ0) is 9.14. The van der Waals surface area contributed by atoms with Crippen LogP contribution >= 0.6 is 0 Å². The van der Waals surface area contributed by atoms with Crippen LogP contribution < -0.4 is 7.96 Å². The standard InChI is InChI=1S/C8H9O3.Po/c1-11-7-4-2-3-6(5-9)8(7)10;/h3-4,9-10H,5H2,1H3;. The number of benzene rings is 1. The van der Waals surface area contributed by atoms with Gasteiger partial charge in [0.15, 0.2) is 0 Å². The molecule has 4 heteroatoms. The molecule has 1 radical (unpaired) electrons. The van der Waals surface area contributed by atoms with Crippen LogP contribution in [0, 0.1) is 0 Å². The molecule has 0 bridgehead atoms. The summed E-state index contributed by atoms with van der Waals surface area (Å²) in [5.74, 6) is 0.455. The van der Waals surface area contributed by atoms with Crippen molar-refractivity contribution in [1.82, 2.24) is 0 Å². The van der Waals surface area contributed by atoms with Gasteiger partial charge in [-0.1, -0.05) is 0 Å². The molecular formula is C8H9O3Po. The molecule has 0 aromatic heterocycles. The van der Waals surface area contributed by atoms with Gasteiger partial charge in [0.2, 0.25) is 0 Å². The molecule has 1 aromatic rings. The number of aliphatic hydroxyl groups is 1. The van der Waals surface area contributed by atoms with Crippen molar-refractivity contribution in [2.24, 2.45) is 0 Å². The first-order valence-electron chi connectivity index (χ1n) is 3.36. The molecule has 12 heavy (non-hydrogen) atoms. The molecule has 3 nitrogen and oxygen atoms in total. The van der Waals surface area contributed by atoms with Crippen molar-refractivity contribution in [3.05, 3.63) is 17.7 Å². The quantitative estimate of drug-likeness (QED) is 0.759. The van der Waals surface area contributed by atoms with Crippen LogP contribution in [-0.4, -0.2) is 42.4 Å². The fourth-order valence-corrected chi connectivity index (χ4v) is 1.88. The van der Waals surface area contributed by atoms with Crippen molar-refractivity contribution in [3.63, 3.8) is 0 Å². The topological polar surface area (TPSA) is 49.7 Å². The molecule has 2 N–H and O–H groups in total. The molecule has 1 aromatic carbocycles. The number of rotatable bonds is 2. The van der Waals surface area contributed by atoms with E-state index in [-0.39, 0.29) is 12.4 Å². The molecule has 0 saturated heterocycles. The summed E-state index contributed by atoms with van der Waals surface area (Å²) in [4.78, 5) is 0. The Kier molecular flexibility index (Phi) is 3.31. The van der Waals surface area contributed by atoms with Crippen LogP contribution in [0.2, 0.25) is 0 Å². The van der Waals surface area contributed by atoms with Crippen LogP contribution in [0.25, 0.3) is 0 Å². The first kappa shape index (κ1) is 9.76. The number of hydrogen-bond donors (Lipinski definition) is 2. The number of aromatic hydroxyl groups is 1. The van der Waals surface area contributed by atoms with Gasteiger partial charge in [0.1, 0.15) is 0 Å². The Bertz CT molecular complexity index is 261. The van der Waals surface area contributed by atoms with Gasteiger partial charge in [-0.15, -0.1) is 0 Å². The van der Waals surface area contributed by atoms with E-state index in [1.165, 1.54) is 32.2 Å². The Balaban J connectivity index is 3.22. The SMILES string of the molecule is COc1c[c]([Po])cc(CO)c1O. The number of aliphatic hydroxyl groups excluding tert-OH is 1. The van der Waals surface area contributed by atoms with Gasteiger partial charge in [0, 0.05) is 0 Å². The molecule has 0 aliphatic heterocycles. The number of phenols is 1. The monoisotopic (exact) mass is 362 g/mol. The van der Waals surface area contributed by atoms with Crippen LogP contribution in [0.1, 0.15) is 5.56 Å². The summed E-state index contributed by atoms with van der Waals surface area (Å²) in [6.45, 7) is -0.163. The fourth-order valence-electron chi connectivity index (χ4n) is 0.914. The van der Waals surface area contributed by atoms with Crippen molar-refractivity contribution >= 4 is 28.3 Å². The van der Waals surface area contributed by atoms with Gasteiger partial charge < -0.3 is 0 Å². The van der Waals surface area contributed by atoms with Gasteiger partial charge in [-0.2, -0.15) is 0 Å². The second-order valence-corrected chi connectivity index (χ2v) is 4.12. The summed E-state index contributed by atoms with van der Waals surface area (Å²) in [5.41, 5.74) is 0.513. The molecule has 0 spiro atoms. The summed E-state index contributed by atoms with van der Waals surface area (Å²) in [6.07, 6.45) is 0. The van der Waals surface area contributed by atoms with Gasteiger partial charge >= 0.3 is 86.2 Å². The van der Waals surface area contributed by atoms with Crippen LogP contribution in [0.15, 0.2) is 12.1 Å². The molecule has 65 valence electrons. The Morgan fingerprint density at radius 2 is 2.17 bits per heavy atom. The van der Waals surface area contributed by atoms with E-state index in [1.54, 1.807) is 12.1 Å². The average molecular weight is 362 g/mol. The second-order valence-electron chi connectivity index (χ2n) is 2.29. The van der Waals surface area contributed by atoms with Crippen molar-refractivity contribution in [1.29, 1.82) is 0 Å². The number of methoxy groups -OCH3 is 1. The average Bonchev–Trinajstić information content (AvgIpc) is 2.08. The van der Waals surface area contributed by atoms with Crippen molar-refractivity contribution in [2.45, 2.75) is 6.61 Å². The van der Waals surface area contributed by atoms with Gasteiger partial charge in [0.05, 0.1) is 0 Å². The van der Waals surface area contributed by atoms with E-state index in [0.717, 1.165) is 3.22 Å². The van der Waals surface area contributed by atoms with Crippen LogP contribution in [0.5, 0.6) is 11.5 Å². The van der Waals surface area contributed by atoms with Crippen LogP contribution in [-0.2, 0) is 6.61 Å². The molecule has 0 saturated carbocycles. The molecule has 0 amide bonds. The molecule has 0 atom stereocenters. The zero-order valence-electron chi connectivity index (χ0n) is 6.57. The summed E-state index contributed by atoms with van der Waals surface area (Å²) < 4.78 is 5.96. The third-order valence-electron chi connectivity index (χ3n) is 1.52. The van der Waals surface area contributed by atoms with Crippen LogP contribution in [0.3, 0.4) is 0 Å². The molecule has 0 heterocycles.